The van der Waals surface area contributed by atoms with Gasteiger partial charge >= 0.3 is 0 Å². The zero-order valence-electron chi connectivity index (χ0n) is 17.0. The van der Waals surface area contributed by atoms with E-state index in [1.807, 2.05) is 0 Å². The summed E-state index contributed by atoms with van der Waals surface area (Å²) in [6, 6.07) is 31.1. The molecule has 1 aliphatic carbocycles. The summed E-state index contributed by atoms with van der Waals surface area (Å²) in [5.74, 6) is 0. The average Bonchev–Trinajstić information content (AvgIpc) is 3.18. The van der Waals surface area contributed by atoms with Crippen molar-refractivity contribution in [3.8, 4) is 16.8 Å². The van der Waals surface area contributed by atoms with Crippen LogP contribution < -0.4 is 0 Å². The molecule has 0 aliphatic heterocycles. The predicted molar refractivity (Wildman–Crippen MR) is 123 cm³/mol. The Morgan fingerprint density at radius 2 is 1.41 bits per heavy atom. The lowest BCUT2D eigenvalue weighted by molar-refractivity contribution is 0.661. The maximum absolute atomic E-state index is 2.44. The molecule has 5 aromatic rings. The summed E-state index contributed by atoms with van der Waals surface area (Å²) in [6.07, 6.45) is 0. The van der Waals surface area contributed by atoms with Crippen molar-refractivity contribution in [2.45, 2.75) is 26.2 Å². The molecule has 0 N–H and O–H groups in total. The van der Waals surface area contributed by atoms with Crippen LogP contribution in [0.2, 0.25) is 0 Å². The van der Waals surface area contributed by atoms with E-state index in [2.05, 4.69) is 110 Å². The number of nitrogens with zero attached hydrogens (tertiary/aromatic N) is 1. The van der Waals surface area contributed by atoms with E-state index in [0.717, 1.165) is 0 Å². The number of aromatic nitrogens is 1. The molecule has 1 heteroatoms. The summed E-state index contributed by atoms with van der Waals surface area (Å²) in [5, 5.41) is 2.70. The van der Waals surface area contributed by atoms with Crippen LogP contribution in [0.4, 0.5) is 0 Å². The lowest BCUT2D eigenvalue weighted by Gasteiger charge is -2.21. The van der Waals surface area contributed by atoms with Gasteiger partial charge in [-0.15, -0.1) is 0 Å². The molecule has 1 aliphatic rings. The Hall–Kier alpha value is -3.32. The quantitative estimate of drug-likeness (QED) is 0.288. The molecule has 0 radical (unpaired) electrons. The fourth-order valence-corrected chi connectivity index (χ4v) is 5.30. The van der Waals surface area contributed by atoms with Gasteiger partial charge < -0.3 is 4.57 Å². The van der Waals surface area contributed by atoms with Crippen molar-refractivity contribution in [1.82, 2.24) is 4.57 Å². The topological polar surface area (TPSA) is 4.93 Å². The van der Waals surface area contributed by atoms with Gasteiger partial charge in [-0.3, -0.25) is 0 Å². The Kier molecular flexibility index (Phi) is 3.21. The Morgan fingerprint density at radius 1 is 0.655 bits per heavy atom. The largest absolute Gasteiger partial charge is 0.309 e. The van der Waals surface area contributed by atoms with E-state index >= 15 is 0 Å². The Bertz CT molecular complexity index is 1420. The number of hydrogen-bond donors (Lipinski definition) is 0. The molecular formula is C28H23N. The van der Waals surface area contributed by atoms with Crippen molar-refractivity contribution in [3.63, 3.8) is 0 Å². The van der Waals surface area contributed by atoms with Crippen LogP contribution in [-0.4, -0.2) is 4.57 Å². The first-order chi connectivity index (χ1) is 14.1. The molecule has 0 fully saturated rings. The molecule has 0 unspecified atom stereocenters. The summed E-state index contributed by atoms with van der Waals surface area (Å²) < 4.78 is 2.43. The molecule has 0 atom stereocenters. The highest BCUT2D eigenvalue weighted by molar-refractivity contribution is 6.13. The first kappa shape index (κ1) is 16.6. The molecule has 1 heterocycles. The highest BCUT2D eigenvalue weighted by atomic mass is 15.0. The van der Waals surface area contributed by atoms with Crippen LogP contribution in [0.25, 0.3) is 38.6 Å². The highest BCUT2D eigenvalue weighted by Gasteiger charge is 2.36. The van der Waals surface area contributed by atoms with Crippen LogP contribution in [-0.2, 0) is 5.41 Å². The van der Waals surface area contributed by atoms with Crippen LogP contribution in [0, 0.1) is 6.92 Å². The minimum atomic E-state index is 0.00708. The Balaban J connectivity index is 1.82. The fraction of sp³-hybridized carbons (Fsp3) is 0.143. The molecule has 0 spiro atoms. The van der Waals surface area contributed by atoms with E-state index in [9.17, 15) is 0 Å². The zero-order valence-corrected chi connectivity index (χ0v) is 17.0. The van der Waals surface area contributed by atoms with Crippen LogP contribution in [0.15, 0.2) is 84.9 Å². The first-order valence-electron chi connectivity index (χ1n) is 10.3. The van der Waals surface area contributed by atoms with Crippen molar-refractivity contribution < 1.29 is 0 Å². The van der Waals surface area contributed by atoms with Gasteiger partial charge in [0.05, 0.1) is 11.0 Å². The summed E-state index contributed by atoms with van der Waals surface area (Å²) >= 11 is 0. The van der Waals surface area contributed by atoms with Crippen LogP contribution in [0.5, 0.6) is 0 Å². The van der Waals surface area contributed by atoms with Crippen molar-refractivity contribution in [2.24, 2.45) is 0 Å². The molecule has 140 valence electrons. The van der Waals surface area contributed by atoms with Gasteiger partial charge in [0.1, 0.15) is 0 Å². The molecule has 29 heavy (non-hydrogen) atoms. The minimum absolute atomic E-state index is 0.00708. The highest BCUT2D eigenvalue weighted by Crippen LogP contribution is 2.51. The number of hydrogen-bond acceptors (Lipinski definition) is 0. The SMILES string of the molecule is Cc1cccc2c1c1cc3c(cc1n2-c1ccccc1)C(C)(C)c1ccccc1-3. The molecule has 1 nitrogen and oxygen atoms in total. The molecule has 0 saturated carbocycles. The second-order valence-corrected chi connectivity index (χ2v) is 8.73. The standard InChI is InChI=1S/C28H23N/c1-18-10-9-15-25-27(18)22-16-21-20-13-7-8-14-23(20)28(2,3)24(21)17-26(22)29(25)19-11-5-4-6-12-19/h4-17H,1-3H3. The molecule has 6 rings (SSSR count). The fourth-order valence-electron chi connectivity index (χ4n) is 5.30. The van der Waals surface area contributed by atoms with Gasteiger partial charge in [0, 0.05) is 21.9 Å². The van der Waals surface area contributed by atoms with Crippen molar-refractivity contribution in [1.29, 1.82) is 0 Å². The lowest BCUT2D eigenvalue weighted by atomic mass is 9.82. The third-order valence-corrected chi connectivity index (χ3v) is 6.72. The summed E-state index contributed by atoms with van der Waals surface area (Å²) in [6.45, 7) is 6.93. The van der Waals surface area contributed by atoms with E-state index in [1.165, 1.54) is 55.3 Å². The van der Waals surface area contributed by atoms with E-state index in [4.69, 9.17) is 0 Å². The Labute approximate surface area is 171 Å². The van der Waals surface area contributed by atoms with Crippen molar-refractivity contribution in [2.75, 3.05) is 0 Å². The third-order valence-electron chi connectivity index (χ3n) is 6.72. The van der Waals surface area contributed by atoms with E-state index in [-0.39, 0.29) is 5.41 Å². The van der Waals surface area contributed by atoms with Gasteiger partial charge in [-0.1, -0.05) is 68.4 Å². The van der Waals surface area contributed by atoms with E-state index in [0.29, 0.717) is 0 Å². The monoisotopic (exact) mass is 373 g/mol. The van der Waals surface area contributed by atoms with Gasteiger partial charge in [0.15, 0.2) is 0 Å². The maximum atomic E-state index is 2.44. The number of rotatable bonds is 1. The smallest absolute Gasteiger partial charge is 0.0544 e. The number of aryl methyl sites for hydroxylation is 1. The molecule has 0 bridgehead atoms. The summed E-state index contributed by atoms with van der Waals surface area (Å²) in [7, 11) is 0. The van der Waals surface area contributed by atoms with E-state index < -0.39 is 0 Å². The van der Waals surface area contributed by atoms with Crippen LogP contribution in [0.3, 0.4) is 0 Å². The summed E-state index contributed by atoms with van der Waals surface area (Å²) in [4.78, 5) is 0. The minimum Gasteiger partial charge on any atom is -0.309 e. The molecule has 0 amide bonds. The molecule has 4 aromatic carbocycles. The van der Waals surface area contributed by atoms with Gasteiger partial charge in [0.25, 0.3) is 0 Å². The molecule has 0 saturated heterocycles. The second-order valence-electron chi connectivity index (χ2n) is 8.73. The van der Waals surface area contributed by atoms with Gasteiger partial charge in [0.2, 0.25) is 0 Å². The van der Waals surface area contributed by atoms with Crippen LogP contribution in [0.1, 0.15) is 30.5 Å². The lowest BCUT2D eigenvalue weighted by Crippen LogP contribution is -2.14. The van der Waals surface area contributed by atoms with Gasteiger partial charge in [-0.25, -0.2) is 0 Å². The first-order valence-corrected chi connectivity index (χ1v) is 10.3. The van der Waals surface area contributed by atoms with Gasteiger partial charge in [-0.2, -0.15) is 0 Å². The second kappa shape index (κ2) is 5.61. The molecule has 1 aromatic heterocycles. The normalized spacial score (nSPS) is 14.3. The third kappa shape index (κ3) is 2.10. The van der Waals surface area contributed by atoms with E-state index in [1.54, 1.807) is 0 Å². The number of benzene rings is 4. The van der Waals surface area contributed by atoms with Crippen LogP contribution >= 0.6 is 0 Å². The number of para-hydroxylation sites is 1. The Morgan fingerprint density at radius 3 is 2.24 bits per heavy atom. The zero-order chi connectivity index (χ0) is 19.8. The summed E-state index contributed by atoms with van der Waals surface area (Å²) in [5.41, 5.74) is 10.7. The molecular weight excluding hydrogens is 350 g/mol. The van der Waals surface area contributed by atoms with Crippen molar-refractivity contribution in [3.05, 3.63) is 102 Å². The average molecular weight is 373 g/mol. The maximum Gasteiger partial charge on any atom is 0.0544 e. The van der Waals surface area contributed by atoms with Gasteiger partial charge in [-0.05, 0) is 65.1 Å². The van der Waals surface area contributed by atoms with Crippen molar-refractivity contribution >= 4 is 21.8 Å². The number of fused-ring (bicyclic) bond motifs is 6. The predicted octanol–water partition coefficient (Wildman–Crippen LogP) is 7.40.